The number of ether oxygens (including phenoxy) is 2. The van der Waals surface area contributed by atoms with Crippen molar-refractivity contribution < 1.29 is 31.9 Å². The normalized spacial score (nSPS) is 21.0. The fraction of sp³-hybridized carbons (Fsp3) is 0.364. The number of fused-ring (bicyclic) bond motifs is 1. The second-order valence-corrected chi connectivity index (χ2v) is 10.0. The molecule has 3 heterocycles. The van der Waals surface area contributed by atoms with Gasteiger partial charge in [-0.15, -0.1) is 0 Å². The number of nitrogens with zero attached hydrogens (tertiary/aromatic N) is 3. The Hall–Kier alpha value is -3.18. The fourth-order valence-corrected chi connectivity index (χ4v) is 5.86. The molecule has 3 aliphatic rings. The quantitative estimate of drug-likeness (QED) is 0.664. The van der Waals surface area contributed by atoms with Crippen molar-refractivity contribution >= 4 is 27.5 Å². The van der Waals surface area contributed by atoms with E-state index >= 15 is 0 Å². The van der Waals surface area contributed by atoms with Crippen LogP contribution in [0.25, 0.3) is 0 Å². The first kappa shape index (κ1) is 21.7. The Morgan fingerprint density at radius 2 is 1.73 bits per heavy atom. The van der Waals surface area contributed by atoms with Gasteiger partial charge in [0, 0.05) is 50.9 Å². The zero-order valence-corrected chi connectivity index (χ0v) is 18.5. The van der Waals surface area contributed by atoms with Crippen molar-refractivity contribution in [3.8, 4) is 11.5 Å². The van der Waals surface area contributed by atoms with E-state index in [1.54, 1.807) is 28.0 Å². The molecule has 2 aromatic carbocycles. The van der Waals surface area contributed by atoms with E-state index < -0.39 is 21.8 Å². The SMILES string of the molecule is O=C(C1CC(=O)N(c2ccc3c(c2)OCO3)C1)N1CCN(S(=O)(=O)c2ccccc2F)CC1. The highest BCUT2D eigenvalue weighted by Crippen LogP contribution is 2.37. The first-order chi connectivity index (χ1) is 15.8. The van der Waals surface area contributed by atoms with Gasteiger partial charge < -0.3 is 19.3 Å². The summed E-state index contributed by atoms with van der Waals surface area (Å²) in [7, 11) is -3.98. The highest BCUT2D eigenvalue weighted by atomic mass is 32.2. The zero-order chi connectivity index (χ0) is 23.2. The average molecular weight is 475 g/mol. The van der Waals surface area contributed by atoms with Crippen molar-refractivity contribution in [1.29, 1.82) is 0 Å². The van der Waals surface area contributed by atoms with E-state index in [0.717, 1.165) is 6.07 Å². The van der Waals surface area contributed by atoms with Gasteiger partial charge in [-0.25, -0.2) is 12.8 Å². The number of carbonyl (C=O) groups is 2. The largest absolute Gasteiger partial charge is 0.454 e. The van der Waals surface area contributed by atoms with Crippen LogP contribution in [-0.2, 0) is 19.6 Å². The number of benzene rings is 2. The number of sulfonamides is 1. The van der Waals surface area contributed by atoms with Crippen molar-refractivity contribution in [2.45, 2.75) is 11.3 Å². The Kier molecular flexibility index (Phi) is 5.45. The van der Waals surface area contributed by atoms with E-state index in [4.69, 9.17) is 9.47 Å². The highest BCUT2D eigenvalue weighted by Gasteiger charge is 2.39. The van der Waals surface area contributed by atoms with Gasteiger partial charge in [-0.1, -0.05) is 12.1 Å². The van der Waals surface area contributed by atoms with E-state index in [0.29, 0.717) is 17.2 Å². The summed E-state index contributed by atoms with van der Waals surface area (Å²) in [6.07, 6.45) is 0.0843. The molecule has 9 nitrogen and oxygen atoms in total. The number of anilines is 1. The fourth-order valence-electron chi connectivity index (χ4n) is 4.38. The molecule has 2 saturated heterocycles. The number of hydrogen-bond donors (Lipinski definition) is 0. The van der Waals surface area contributed by atoms with Crippen LogP contribution in [0.15, 0.2) is 47.4 Å². The smallest absolute Gasteiger partial charge is 0.246 e. The zero-order valence-electron chi connectivity index (χ0n) is 17.6. The van der Waals surface area contributed by atoms with E-state index in [9.17, 15) is 22.4 Å². The summed E-state index contributed by atoms with van der Waals surface area (Å²) in [5.41, 5.74) is 0.639. The third-order valence-corrected chi connectivity index (χ3v) is 8.08. The van der Waals surface area contributed by atoms with Crippen LogP contribution in [0, 0.1) is 11.7 Å². The maximum atomic E-state index is 14.0. The second-order valence-electron chi connectivity index (χ2n) is 8.10. The maximum Gasteiger partial charge on any atom is 0.246 e. The molecule has 174 valence electrons. The number of carbonyl (C=O) groups excluding carboxylic acids is 2. The molecule has 0 saturated carbocycles. The minimum atomic E-state index is -3.98. The van der Waals surface area contributed by atoms with Crippen LogP contribution in [0.5, 0.6) is 11.5 Å². The summed E-state index contributed by atoms with van der Waals surface area (Å²) >= 11 is 0. The first-order valence-electron chi connectivity index (χ1n) is 10.6. The molecule has 5 rings (SSSR count). The van der Waals surface area contributed by atoms with Crippen LogP contribution >= 0.6 is 0 Å². The Morgan fingerprint density at radius 3 is 2.48 bits per heavy atom. The van der Waals surface area contributed by atoms with Crippen molar-refractivity contribution in [2.75, 3.05) is 44.4 Å². The molecule has 2 fully saturated rings. The van der Waals surface area contributed by atoms with Crippen molar-refractivity contribution in [3.05, 3.63) is 48.3 Å². The lowest BCUT2D eigenvalue weighted by Crippen LogP contribution is -2.52. The predicted molar refractivity (Wildman–Crippen MR) is 115 cm³/mol. The molecule has 33 heavy (non-hydrogen) atoms. The minimum Gasteiger partial charge on any atom is -0.454 e. The van der Waals surface area contributed by atoms with Gasteiger partial charge in [-0.05, 0) is 24.3 Å². The van der Waals surface area contributed by atoms with Crippen molar-refractivity contribution in [2.24, 2.45) is 5.92 Å². The van der Waals surface area contributed by atoms with Gasteiger partial charge in [0.15, 0.2) is 11.5 Å². The van der Waals surface area contributed by atoms with Gasteiger partial charge in [0.2, 0.25) is 28.6 Å². The van der Waals surface area contributed by atoms with E-state index in [2.05, 4.69) is 0 Å². The molecule has 1 atom stereocenters. The van der Waals surface area contributed by atoms with E-state index in [1.807, 2.05) is 0 Å². The predicted octanol–water partition coefficient (Wildman–Crippen LogP) is 1.44. The van der Waals surface area contributed by atoms with Crippen LogP contribution in [0.1, 0.15) is 6.42 Å². The summed E-state index contributed by atoms with van der Waals surface area (Å²) in [6.45, 7) is 0.865. The van der Waals surface area contributed by atoms with Gasteiger partial charge in [0.25, 0.3) is 0 Å². The first-order valence-corrected chi connectivity index (χ1v) is 12.0. The molecular weight excluding hydrogens is 453 g/mol. The molecule has 3 aliphatic heterocycles. The second kappa shape index (κ2) is 8.31. The molecule has 2 aromatic rings. The lowest BCUT2D eigenvalue weighted by Gasteiger charge is -2.35. The van der Waals surface area contributed by atoms with E-state index in [-0.39, 0.29) is 62.6 Å². The van der Waals surface area contributed by atoms with Gasteiger partial charge in [-0.2, -0.15) is 4.31 Å². The van der Waals surface area contributed by atoms with Crippen LogP contribution in [0.3, 0.4) is 0 Å². The molecule has 0 bridgehead atoms. The molecule has 11 heteroatoms. The number of amides is 2. The summed E-state index contributed by atoms with van der Waals surface area (Å²) < 4.78 is 51.4. The van der Waals surface area contributed by atoms with Crippen LogP contribution < -0.4 is 14.4 Å². The lowest BCUT2D eigenvalue weighted by molar-refractivity contribution is -0.136. The van der Waals surface area contributed by atoms with Crippen LogP contribution in [0.2, 0.25) is 0 Å². The third kappa shape index (κ3) is 3.91. The van der Waals surface area contributed by atoms with Crippen molar-refractivity contribution in [1.82, 2.24) is 9.21 Å². The van der Waals surface area contributed by atoms with Gasteiger partial charge in [-0.3, -0.25) is 9.59 Å². The third-order valence-electron chi connectivity index (χ3n) is 6.15. The van der Waals surface area contributed by atoms with Gasteiger partial charge >= 0.3 is 0 Å². The standard InChI is InChI=1S/C22H22FN3O6S/c23-17-3-1-2-4-20(17)33(29,30)25-9-7-24(8-10-25)22(28)15-11-21(27)26(13-15)16-5-6-18-19(12-16)32-14-31-18/h1-6,12,15H,7-11,13-14H2. The Balaban J connectivity index is 1.23. The van der Waals surface area contributed by atoms with Gasteiger partial charge in [0.1, 0.15) is 10.7 Å². The summed E-state index contributed by atoms with van der Waals surface area (Å²) in [6, 6.07) is 10.4. The number of piperazine rings is 1. The molecule has 0 aromatic heterocycles. The average Bonchev–Trinajstić information content (AvgIpc) is 3.44. The monoisotopic (exact) mass is 475 g/mol. The number of rotatable bonds is 4. The van der Waals surface area contributed by atoms with Crippen LogP contribution in [0.4, 0.5) is 10.1 Å². The van der Waals surface area contributed by atoms with Gasteiger partial charge in [0.05, 0.1) is 5.92 Å². The Labute approximate surface area is 190 Å². The summed E-state index contributed by atoms with van der Waals surface area (Å²) in [5, 5.41) is 0. The van der Waals surface area contributed by atoms with E-state index in [1.165, 1.54) is 22.5 Å². The Bertz CT molecular complexity index is 1210. The molecular formula is C22H22FN3O6S. The number of hydrogen-bond acceptors (Lipinski definition) is 6. The Morgan fingerprint density at radius 1 is 1.00 bits per heavy atom. The summed E-state index contributed by atoms with van der Waals surface area (Å²) in [4.78, 5) is 28.4. The number of halogens is 1. The summed E-state index contributed by atoms with van der Waals surface area (Å²) in [5.74, 6) is -0.493. The molecule has 2 amide bonds. The molecule has 0 N–H and O–H groups in total. The molecule has 1 unspecified atom stereocenters. The minimum absolute atomic E-state index is 0.0644. The molecule has 0 spiro atoms. The highest BCUT2D eigenvalue weighted by molar-refractivity contribution is 7.89. The van der Waals surface area contributed by atoms with Crippen LogP contribution in [-0.4, -0.2) is 69.0 Å². The molecule has 0 aliphatic carbocycles. The lowest BCUT2D eigenvalue weighted by atomic mass is 10.1. The maximum absolute atomic E-state index is 14.0. The van der Waals surface area contributed by atoms with Crippen molar-refractivity contribution in [3.63, 3.8) is 0 Å². The molecule has 0 radical (unpaired) electrons. The topological polar surface area (TPSA) is 96.5 Å².